The Kier molecular flexibility index (Phi) is 13.1. The molecular formula is C48H70N2O4. The van der Waals surface area contributed by atoms with Crippen molar-refractivity contribution in [2.24, 2.45) is 46.3 Å². The maximum absolute atomic E-state index is 11.4. The van der Waals surface area contributed by atoms with Crippen LogP contribution in [0.5, 0.6) is 11.5 Å². The van der Waals surface area contributed by atoms with Gasteiger partial charge in [0.2, 0.25) is 0 Å². The van der Waals surface area contributed by atoms with Gasteiger partial charge in [-0.1, -0.05) is 71.6 Å². The molecule has 0 aromatic heterocycles. The molecule has 0 amide bonds. The molecule has 0 saturated heterocycles. The second-order valence-electron chi connectivity index (χ2n) is 18.6. The average Bonchev–Trinajstić information content (AvgIpc) is 3.49. The summed E-state index contributed by atoms with van der Waals surface area (Å²) in [6, 6.07) is 11.6. The van der Waals surface area contributed by atoms with Gasteiger partial charge in [-0.25, -0.2) is 4.79 Å². The van der Waals surface area contributed by atoms with Crippen molar-refractivity contribution in [1.82, 2.24) is 0 Å². The van der Waals surface area contributed by atoms with E-state index >= 15 is 0 Å². The third kappa shape index (κ3) is 9.00. The number of carboxylic acid groups (broad SMARTS) is 1. The number of fused-ring (bicyclic) bond motifs is 5. The number of benzene rings is 2. The number of unbranched alkanes of at least 4 members (excludes halogenated alkanes) is 3. The second kappa shape index (κ2) is 17.6. The molecule has 4 aliphatic carbocycles. The largest absolute Gasteiger partial charge is 0.493 e. The number of allylic oxidation sites excluding steroid dienone is 2. The van der Waals surface area contributed by atoms with Gasteiger partial charge in [0.05, 0.1) is 18.9 Å². The molecule has 0 heterocycles. The highest BCUT2D eigenvalue weighted by Gasteiger charge is 2.59. The van der Waals surface area contributed by atoms with Gasteiger partial charge in [0.15, 0.2) is 0 Å². The minimum absolute atomic E-state index is 0.285. The summed E-state index contributed by atoms with van der Waals surface area (Å²) >= 11 is 0. The van der Waals surface area contributed by atoms with Gasteiger partial charge in [-0.3, -0.25) is 0 Å². The zero-order valence-corrected chi connectivity index (χ0v) is 34.1. The fraction of sp³-hybridized carbons (Fsp3) is 0.646. The molecule has 4 unspecified atom stereocenters. The predicted molar refractivity (Wildman–Crippen MR) is 224 cm³/mol. The van der Waals surface area contributed by atoms with Crippen molar-refractivity contribution < 1.29 is 19.4 Å². The normalized spacial score (nSPS) is 29.7. The number of nitrogen functional groups attached to an aromatic ring is 2. The van der Waals surface area contributed by atoms with Crippen LogP contribution < -0.4 is 20.9 Å². The standard InChI is InChI=1S/C48H70N2O4/c1-32(2)11-10-12-33(3)40-18-19-41-38-17-15-36-30-35(23-25-47(36,4)42(38)24-26-48(40,41)5)39-29-34(14-22-46(51)52)13-20-44(39)53-27-8-6-7-9-28-54-45-21-16-37(49)31-43(45)50/h13-16,20-22,29,31-33,35,38,40-42H,6-12,17-19,23-28,30,49-50H2,1-5H3,(H,51,52)/t33-,35?,38?,40-,41?,42?,47+,48-/m1/s1. The van der Waals surface area contributed by atoms with E-state index in [2.05, 4.69) is 52.8 Å². The third-order valence-corrected chi connectivity index (χ3v) is 14.8. The number of hydrogen-bond donors (Lipinski definition) is 3. The van der Waals surface area contributed by atoms with Gasteiger partial charge in [-0.15, -0.1) is 0 Å². The summed E-state index contributed by atoms with van der Waals surface area (Å²) < 4.78 is 12.4. The molecule has 2 aromatic carbocycles. The monoisotopic (exact) mass is 739 g/mol. The molecule has 6 heteroatoms. The fourth-order valence-electron chi connectivity index (χ4n) is 11.9. The van der Waals surface area contributed by atoms with E-state index in [1.54, 1.807) is 17.7 Å². The van der Waals surface area contributed by atoms with Gasteiger partial charge in [-0.05, 0) is 177 Å². The SMILES string of the molecule is CC(C)CCC[C@@H](C)[C@H]1CCC2C3CC=C4CC(c5cc(C=CC(=O)O)ccc5OCCCCCCOc5ccc(N)cc5N)CC[C@]4(C)C3CC[C@@]21C. The van der Waals surface area contributed by atoms with Crippen molar-refractivity contribution in [3.63, 3.8) is 0 Å². The first kappa shape index (κ1) is 40.3. The first-order valence-corrected chi connectivity index (χ1v) is 21.5. The Morgan fingerprint density at radius 2 is 1.61 bits per heavy atom. The lowest BCUT2D eigenvalue weighted by Crippen LogP contribution is -2.50. The summed E-state index contributed by atoms with van der Waals surface area (Å²) in [7, 11) is 0. The summed E-state index contributed by atoms with van der Waals surface area (Å²) in [5, 5.41) is 9.33. The molecule has 5 N–H and O–H groups in total. The predicted octanol–water partition coefficient (Wildman–Crippen LogP) is 12.1. The van der Waals surface area contributed by atoms with Crippen LogP contribution in [0.2, 0.25) is 0 Å². The minimum atomic E-state index is -0.924. The van der Waals surface area contributed by atoms with Gasteiger partial charge in [0, 0.05) is 11.8 Å². The van der Waals surface area contributed by atoms with Crippen molar-refractivity contribution in [2.45, 2.75) is 137 Å². The van der Waals surface area contributed by atoms with Crippen LogP contribution in [0.4, 0.5) is 11.4 Å². The Morgan fingerprint density at radius 3 is 2.33 bits per heavy atom. The minimum Gasteiger partial charge on any atom is -0.493 e. The third-order valence-electron chi connectivity index (χ3n) is 14.8. The average molecular weight is 739 g/mol. The number of carbonyl (C=O) groups is 1. The van der Waals surface area contributed by atoms with Crippen LogP contribution in [0.3, 0.4) is 0 Å². The molecule has 6 rings (SSSR count). The topological polar surface area (TPSA) is 108 Å². The summed E-state index contributed by atoms with van der Waals surface area (Å²) in [4.78, 5) is 11.4. The maximum atomic E-state index is 11.4. The van der Waals surface area contributed by atoms with E-state index in [-0.39, 0.29) is 5.41 Å². The Bertz CT molecular complexity index is 1650. The summed E-state index contributed by atoms with van der Waals surface area (Å²) in [6.45, 7) is 13.9. The van der Waals surface area contributed by atoms with Crippen molar-refractivity contribution in [3.8, 4) is 11.5 Å². The van der Waals surface area contributed by atoms with E-state index in [1.165, 1.54) is 69.4 Å². The van der Waals surface area contributed by atoms with Crippen molar-refractivity contribution in [2.75, 3.05) is 24.7 Å². The highest BCUT2D eigenvalue weighted by atomic mass is 16.5. The molecule has 8 atom stereocenters. The van der Waals surface area contributed by atoms with Gasteiger partial charge in [-0.2, -0.15) is 0 Å². The first-order chi connectivity index (χ1) is 25.9. The Hall–Kier alpha value is -3.41. The number of nitrogens with two attached hydrogens (primary N) is 2. The molecule has 0 spiro atoms. The molecule has 6 nitrogen and oxygen atoms in total. The van der Waals surface area contributed by atoms with E-state index in [0.29, 0.717) is 41.7 Å². The maximum Gasteiger partial charge on any atom is 0.328 e. The molecule has 4 aliphatic rings. The number of carboxylic acids is 1. The molecule has 0 bridgehead atoms. The van der Waals surface area contributed by atoms with Crippen LogP contribution >= 0.6 is 0 Å². The molecule has 3 saturated carbocycles. The highest BCUT2D eigenvalue weighted by molar-refractivity contribution is 5.85. The lowest BCUT2D eigenvalue weighted by molar-refractivity contribution is -0.131. The number of hydrogen-bond acceptors (Lipinski definition) is 5. The van der Waals surface area contributed by atoms with Crippen LogP contribution in [-0.4, -0.2) is 24.3 Å². The highest BCUT2D eigenvalue weighted by Crippen LogP contribution is 2.68. The van der Waals surface area contributed by atoms with Gasteiger partial charge >= 0.3 is 5.97 Å². The molecule has 0 aliphatic heterocycles. The van der Waals surface area contributed by atoms with E-state index in [1.807, 2.05) is 18.2 Å². The number of aliphatic carboxylic acids is 1. The fourth-order valence-corrected chi connectivity index (χ4v) is 11.9. The van der Waals surface area contributed by atoms with Gasteiger partial charge < -0.3 is 26.0 Å². The van der Waals surface area contributed by atoms with Gasteiger partial charge in [0.1, 0.15) is 11.5 Å². The van der Waals surface area contributed by atoms with Crippen LogP contribution in [0.25, 0.3) is 6.08 Å². The van der Waals surface area contributed by atoms with Crippen LogP contribution in [0, 0.1) is 46.3 Å². The molecule has 2 aromatic rings. The Morgan fingerprint density at radius 1 is 0.870 bits per heavy atom. The Labute approximate surface area is 326 Å². The quantitative estimate of drug-likeness (QED) is 0.0645. The van der Waals surface area contributed by atoms with Crippen molar-refractivity contribution in [3.05, 3.63) is 65.3 Å². The van der Waals surface area contributed by atoms with Crippen LogP contribution in [0.15, 0.2) is 54.1 Å². The van der Waals surface area contributed by atoms with Gasteiger partial charge in [0.25, 0.3) is 0 Å². The second-order valence-corrected chi connectivity index (χ2v) is 18.6. The molecule has 54 heavy (non-hydrogen) atoms. The molecule has 3 fully saturated rings. The van der Waals surface area contributed by atoms with Crippen LogP contribution in [-0.2, 0) is 4.79 Å². The molecular weight excluding hydrogens is 669 g/mol. The number of anilines is 2. The van der Waals surface area contributed by atoms with E-state index in [4.69, 9.17) is 20.9 Å². The number of rotatable bonds is 17. The van der Waals surface area contributed by atoms with Crippen LogP contribution in [0.1, 0.15) is 148 Å². The summed E-state index contributed by atoms with van der Waals surface area (Å²) in [5.74, 6) is 6.13. The summed E-state index contributed by atoms with van der Waals surface area (Å²) in [5.41, 5.74) is 17.7. The zero-order chi connectivity index (χ0) is 38.5. The summed E-state index contributed by atoms with van der Waals surface area (Å²) in [6.07, 6.45) is 24.2. The van der Waals surface area contributed by atoms with Crippen molar-refractivity contribution >= 4 is 23.4 Å². The first-order valence-electron chi connectivity index (χ1n) is 21.5. The number of ether oxygens (including phenoxy) is 2. The lowest BCUT2D eigenvalue weighted by Gasteiger charge is -2.58. The van der Waals surface area contributed by atoms with E-state index in [9.17, 15) is 9.90 Å². The van der Waals surface area contributed by atoms with E-state index < -0.39 is 5.97 Å². The molecule has 296 valence electrons. The Balaban J connectivity index is 1.07. The van der Waals surface area contributed by atoms with E-state index in [0.717, 1.165) is 85.3 Å². The smallest absolute Gasteiger partial charge is 0.328 e. The zero-order valence-electron chi connectivity index (χ0n) is 34.1. The lowest BCUT2D eigenvalue weighted by atomic mass is 9.46. The van der Waals surface area contributed by atoms with Crippen molar-refractivity contribution in [1.29, 1.82) is 0 Å². The molecule has 0 radical (unpaired) electrons.